The molecular weight excluding hydrogens is 388 g/mol. The van der Waals surface area contributed by atoms with Crippen LogP contribution in [0.4, 0.5) is 0 Å². The second-order valence-corrected chi connectivity index (χ2v) is 8.32. The van der Waals surface area contributed by atoms with E-state index in [0.29, 0.717) is 39.2 Å². The van der Waals surface area contributed by atoms with Crippen molar-refractivity contribution in [3.63, 3.8) is 0 Å². The van der Waals surface area contributed by atoms with E-state index < -0.39 is 0 Å². The summed E-state index contributed by atoms with van der Waals surface area (Å²) in [5.41, 5.74) is 3.42. The van der Waals surface area contributed by atoms with Gasteiger partial charge in [-0.15, -0.1) is 6.58 Å². The molecule has 5 heteroatoms. The lowest BCUT2D eigenvalue weighted by Gasteiger charge is -2.25. The smallest absolute Gasteiger partial charge is 0.251 e. The zero-order valence-corrected chi connectivity index (χ0v) is 17.9. The van der Waals surface area contributed by atoms with E-state index in [1.54, 1.807) is 6.08 Å². The van der Waals surface area contributed by atoms with Gasteiger partial charge in [-0.3, -0.25) is 9.59 Å². The lowest BCUT2D eigenvalue weighted by atomic mass is 9.95. The maximum absolute atomic E-state index is 13.2. The van der Waals surface area contributed by atoms with Crippen molar-refractivity contribution >= 4 is 11.8 Å². The molecule has 0 unspecified atom stereocenters. The minimum atomic E-state index is -0.355. The third-order valence-corrected chi connectivity index (χ3v) is 6.15. The number of hydrogen-bond donors (Lipinski definition) is 0. The Labute approximate surface area is 184 Å². The van der Waals surface area contributed by atoms with Gasteiger partial charge >= 0.3 is 0 Å². The Morgan fingerprint density at radius 3 is 2.48 bits per heavy atom. The molecule has 4 rings (SSSR count). The quantitative estimate of drug-likeness (QED) is 0.674. The number of benzene rings is 2. The van der Waals surface area contributed by atoms with Gasteiger partial charge in [0.1, 0.15) is 6.10 Å². The summed E-state index contributed by atoms with van der Waals surface area (Å²) in [6, 6.07) is 18.6. The molecule has 2 aromatic carbocycles. The molecule has 0 N–H and O–H groups in total. The van der Waals surface area contributed by atoms with E-state index in [1.165, 1.54) is 5.56 Å². The molecule has 2 amide bonds. The Bertz CT molecular complexity index is 904. The van der Waals surface area contributed by atoms with Gasteiger partial charge in [0, 0.05) is 32.8 Å². The molecule has 31 heavy (non-hydrogen) atoms. The number of nitrogens with zero attached hydrogens (tertiary/aromatic N) is 2. The normalized spacial score (nSPS) is 21.7. The van der Waals surface area contributed by atoms with E-state index in [0.717, 1.165) is 24.0 Å². The summed E-state index contributed by atoms with van der Waals surface area (Å²) in [6.45, 7) is 6.45. The number of amides is 2. The van der Waals surface area contributed by atoms with Crippen LogP contribution in [0.25, 0.3) is 11.1 Å². The first-order valence-corrected chi connectivity index (χ1v) is 11.1. The lowest BCUT2D eigenvalue weighted by Crippen LogP contribution is -2.42. The van der Waals surface area contributed by atoms with E-state index in [1.807, 2.05) is 28.0 Å². The van der Waals surface area contributed by atoms with Gasteiger partial charge in [-0.2, -0.15) is 0 Å². The maximum Gasteiger partial charge on any atom is 0.251 e. The number of carbonyl (C=O) groups excluding carboxylic acids is 2. The first kappa shape index (κ1) is 21.3. The fraction of sp³-hybridized carbons (Fsp3) is 0.385. The number of ether oxygens (including phenoxy) is 1. The van der Waals surface area contributed by atoms with Crippen LogP contribution in [0, 0.1) is 5.92 Å². The zero-order chi connectivity index (χ0) is 21.6. The fourth-order valence-corrected chi connectivity index (χ4v) is 4.46. The van der Waals surface area contributed by atoms with E-state index in [4.69, 9.17) is 4.74 Å². The van der Waals surface area contributed by atoms with Gasteiger partial charge in [-0.25, -0.2) is 0 Å². The summed E-state index contributed by atoms with van der Waals surface area (Å²) in [5, 5.41) is 0. The van der Waals surface area contributed by atoms with Crippen molar-refractivity contribution in [2.75, 3.05) is 32.8 Å². The molecule has 2 saturated heterocycles. The molecule has 0 aromatic heterocycles. The van der Waals surface area contributed by atoms with Crippen molar-refractivity contribution in [3.8, 4) is 11.1 Å². The van der Waals surface area contributed by atoms with Crippen LogP contribution < -0.4 is 0 Å². The average molecular weight is 419 g/mol. The molecule has 0 spiro atoms. The van der Waals surface area contributed by atoms with Crippen molar-refractivity contribution in [1.29, 1.82) is 0 Å². The summed E-state index contributed by atoms with van der Waals surface area (Å²) in [4.78, 5) is 29.9. The second kappa shape index (κ2) is 9.92. The van der Waals surface area contributed by atoms with Gasteiger partial charge in [0.25, 0.3) is 5.91 Å². The largest absolute Gasteiger partial charge is 0.368 e. The van der Waals surface area contributed by atoms with Gasteiger partial charge < -0.3 is 14.5 Å². The molecule has 0 saturated carbocycles. The van der Waals surface area contributed by atoms with Crippen LogP contribution in [-0.2, 0) is 20.7 Å². The molecule has 2 aliphatic rings. The lowest BCUT2D eigenvalue weighted by molar-refractivity contribution is -0.141. The van der Waals surface area contributed by atoms with Crippen molar-refractivity contribution in [3.05, 3.63) is 72.8 Å². The molecule has 2 aromatic rings. The molecule has 2 heterocycles. The Kier molecular flexibility index (Phi) is 6.82. The van der Waals surface area contributed by atoms with Crippen LogP contribution in [0.3, 0.4) is 0 Å². The van der Waals surface area contributed by atoms with Gasteiger partial charge in [-0.1, -0.05) is 60.7 Å². The van der Waals surface area contributed by atoms with Crippen molar-refractivity contribution in [2.24, 2.45) is 5.92 Å². The summed E-state index contributed by atoms with van der Waals surface area (Å²) in [6.07, 6.45) is 3.69. The second-order valence-electron chi connectivity index (χ2n) is 8.32. The fourth-order valence-electron chi connectivity index (χ4n) is 4.46. The molecular formula is C26H30N2O3. The highest BCUT2D eigenvalue weighted by molar-refractivity contribution is 5.84. The first-order chi connectivity index (χ1) is 15.2. The minimum Gasteiger partial charge on any atom is -0.368 e. The zero-order valence-electron chi connectivity index (χ0n) is 17.9. The van der Waals surface area contributed by atoms with Gasteiger partial charge in [0.15, 0.2) is 0 Å². The highest BCUT2D eigenvalue weighted by atomic mass is 16.5. The SMILES string of the molecule is C=CCN1CCN(C(=O)[C@@H]2CCCO2)C[C@@H](Cc2ccc(-c3ccccc3)cc2)C1=O. The van der Waals surface area contributed by atoms with Crippen LogP contribution in [0.1, 0.15) is 18.4 Å². The molecule has 2 fully saturated rings. The molecule has 0 bridgehead atoms. The summed E-state index contributed by atoms with van der Waals surface area (Å²) >= 11 is 0. The monoisotopic (exact) mass is 418 g/mol. The van der Waals surface area contributed by atoms with Gasteiger partial charge in [-0.05, 0) is 36.0 Å². The molecule has 2 aliphatic heterocycles. The maximum atomic E-state index is 13.2. The Balaban J connectivity index is 1.51. The summed E-state index contributed by atoms with van der Waals surface area (Å²) in [7, 11) is 0. The molecule has 5 nitrogen and oxygen atoms in total. The third kappa shape index (κ3) is 5.05. The number of hydrogen-bond acceptors (Lipinski definition) is 3. The Morgan fingerprint density at radius 1 is 1.06 bits per heavy atom. The predicted octanol–water partition coefficient (Wildman–Crippen LogP) is 3.55. The molecule has 0 radical (unpaired) electrons. The highest BCUT2D eigenvalue weighted by Gasteiger charge is 2.35. The Morgan fingerprint density at radius 2 is 1.81 bits per heavy atom. The Hall–Kier alpha value is -2.92. The van der Waals surface area contributed by atoms with E-state index in [9.17, 15) is 9.59 Å². The average Bonchev–Trinajstić information content (AvgIpc) is 3.30. The standard InChI is InChI=1S/C26H30N2O3/c1-2-14-27-15-16-28(26(30)24-9-6-17-31-24)19-23(25(27)29)18-20-10-12-22(13-11-20)21-7-4-3-5-8-21/h2-5,7-8,10-13,23-24H,1,6,9,14-19H2/t23-,24+/m1/s1. The predicted molar refractivity (Wildman–Crippen MR) is 121 cm³/mol. The molecule has 2 atom stereocenters. The van der Waals surface area contributed by atoms with E-state index in [2.05, 4.69) is 43.0 Å². The number of carbonyl (C=O) groups is 2. The van der Waals surface area contributed by atoms with Crippen LogP contribution in [0.5, 0.6) is 0 Å². The van der Waals surface area contributed by atoms with Crippen LogP contribution in [-0.4, -0.2) is 60.5 Å². The third-order valence-electron chi connectivity index (χ3n) is 6.15. The topological polar surface area (TPSA) is 49.9 Å². The van der Waals surface area contributed by atoms with Crippen molar-refractivity contribution < 1.29 is 14.3 Å². The first-order valence-electron chi connectivity index (χ1n) is 11.1. The summed E-state index contributed by atoms with van der Waals surface area (Å²) in [5.74, 6) is -0.153. The van der Waals surface area contributed by atoms with Crippen molar-refractivity contribution in [1.82, 2.24) is 9.80 Å². The van der Waals surface area contributed by atoms with Crippen molar-refractivity contribution in [2.45, 2.75) is 25.4 Å². The minimum absolute atomic E-state index is 0.0233. The van der Waals surface area contributed by atoms with Crippen LogP contribution in [0.2, 0.25) is 0 Å². The summed E-state index contributed by atoms with van der Waals surface area (Å²) < 4.78 is 5.61. The number of rotatable bonds is 6. The van der Waals surface area contributed by atoms with Crippen LogP contribution in [0.15, 0.2) is 67.3 Å². The van der Waals surface area contributed by atoms with Crippen LogP contribution >= 0.6 is 0 Å². The van der Waals surface area contributed by atoms with Gasteiger partial charge in [0.2, 0.25) is 5.91 Å². The van der Waals surface area contributed by atoms with E-state index in [-0.39, 0.29) is 23.8 Å². The molecule has 162 valence electrons. The highest BCUT2D eigenvalue weighted by Crippen LogP contribution is 2.23. The molecule has 0 aliphatic carbocycles. The van der Waals surface area contributed by atoms with Gasteiger partial charge in [0.05, 0.1) is 5.92 Å². The van der Waals surface area contributed by atoms with E-state index >= 15 is 0 Å².